The maximum atomic E-state index is 5.97. The predicted octanol–water partition coefficient (Wildman–Crippen LogP) is 2.15. The van der Waals surface area contributed by atoms with Gasteiger partial charge >= 0.3 is 0 Å². The van der Waals surface area contributed by atoms with Gasteiger partial charge in [0.2, 0.25) is 5.95 Å². The largest absolute Gasteiger partial charge is 0.369 e. The molecule has 1 fully saturated rings. The number of aromatic nitrogens is 3. The average Bonchev–Trinajstić information content (AvgIpc) is 3.16. The molecule has 2 N–H and O–H groups in total. The van der Waals surface area contributed by atoms with Gasteiger partial charge in [0.1, 0.15) is 5.52 Å². The Morgan fingerprint density at radius 2 is 2.32 bits per heavy atom. The van der Waals surface area contributed by atoms with Crippen LogP contribution in [0.15, 0.2) is 12.3 Å². The second kappa shape index (κ2) is 4.98. The first-order valence-electron chi connectivity index (χ1n) is 6.70. The first kappa shape index (κ1) is 12.7. The number of fused-ring (bicyclic) bond motifs is 1. The summed E-state index contributed by atoms with van der Waals surface area (Å²) in [6, 6.07) is 2.57. The van der Waals surface area contributed by atoms with Crippen LogP contribution in [-0.2, 0) is 6.54 Å². The lowest BCUT2D eigenvalue weighted by atomic mass is 10.4. The summed E-state index contributed by atoms with van der Waals surface area (Å²) in [7, 11) is 0. The van der Waals surface area contributed by atoms with Crippen LogP contribution < -0.4 is 5.73 Å². The summed E-state index contributed by atoms with van der Waals surface area (Å²) in [6.45, 7) is 5.09. The highest BCUT2D eigenvalue weighted by Gasteiger charge is 2.27. The number of nitrogens with zero attached hydrogens (tertiary/aromatic N) is 4. The zero-order valence-electron chi connectivity index (χ0n) is 11.0. The van der Waals surface area contributed by atoms with Gasteiger partial charge in [-0.25, -0.2) is 9.97 Å². The molecular weight excluding hydrogens is 262 g/mol. The van der Waals surface area contributed by atoms with E-state index in [0.717, 1.165) is 36.8 Å². The highest BCUT2D eigenvalue weighted by molar-refractivity contribution is 6.31. The Labute approximate surface area is 117 Å². The zero-order valence-corrected chi connectivity index (χ0v) is 11.8. The van der Waals surface area contributed by atoms with E-state index in [4.69, 9.17) is 17.3 Å². The first-order chi connectivity index (χ1) is 9.19. The normalized spacial score (nSPS) is 15.5. The Bertz CT molecular complexity index is 590. The van der Waals surface area contributed by atoms with Crippen molar-refractivity contribution in [2.75, 3.05) is 18.8 Å². The molecule has 0 spiro atoms. The van der Waals surface area contributed by atoms with Crippen LogP contribution in [0.1, 0.15) is 19.8 Å². The number of halogens is 1. The number of nitrogen functional groups attached to an aromatic ring is 1. The molecule has 0 aromatic carbocycles. The van der Waals surface area contributed by atoms with Gasteiger partial charge in [0, 0.05) is 25.3 Å². The molecule has 1 aliphatic carbocycles. The van der Waals surface area contributed by atoms with Crippen molar-refractivity contribution >= 4 is 28.7 Å². The quantitative estimate of drug-likeness (QED) is 0.911. The Morgan fingerprint density at radius 1 is 1.53 bits per heavy atom. The highest BCUT2D eigenvalue weighted by atomic mass is 35.5. The summed E-state index contributed by atoms with van der Waals surface area (Å²) in [4.78, 5) is 11.1. The minimum atomic E-state index is 0.511. The summed E-state index contributed by atoms with van der Waals surface area (Å²) >= 11 is 5.92. The zero-order chi connectivity index (χ0) is 13.4. The monoisotopic (exact) mass is 279 g/mol. The average molecular weight is 280 g/mol. The van der Waals surface area contributed by atoms with Crippen LogP contribution >= 0.6 is 11.6 Å². The van der Waals surface area contributed by atoms with Crippen LogP contribution in [0, 0.1) is 0 Å². The number of rotatable bonds is 5. The summed E-state index contributed by atoms with van der Waals surface area (Å²) in [5.41, 5.74) is 7.55. The smallest absolute Gasteiger partial charge is 0.202 e. The van der Waals surface area contributed by atoms with Gasteiger partial charge in [-0.1, -0.05) is 18.5 Å². The number of likely N-dealkylation sites (N-methyl/N-ethyl adjacent to an activating group) is 1. The summed E-state index contributed by atoms with van der Waals surface area (Å²) in [6.07, 6.45) is 4.28. The van der Waals surface area contributed by atoms with Crippen molar-refractivity contribution in [2.24, 2.45) is 0 Å². The van der Waals surface area contributed by atoms with Crippen molar-refractivity contribution in [1.29, 1.82) is 0 Å². The Morgan fingerprint density at radius 3 is 3.00 bits per heavy atom. The van der Waals surface area contributed by atoms with Gasteiger partial charge in [-0.15, -0.1) is 0 Å². The van der Waals surface area contributed by atoms with E-state index >= 15 is 0 Å². The number of pyridine rings is 1. The predicted molar refractivity (Wildman–Crippen MR) is 77.2 cm³/mol. The summed E-state index contributed by atoms with van der Waals surface area (Å²) in [5.74, 6) is 0.511. The molecule has 0 aliphatic heterocycles. The molecule has 0 saturated heterocycles. The molecule has 6 heteroatoms. The molecular formula is C13H18ClN5. The van der Waals surface area contributed by atoms with E-state index in [1.807, 2.05) is 4.57 Å². The Hall–Kier alpha value is -1.33. The van der Waals surface area contributed by atoms with Crippen LogP contribution in [0.2, 0.25) is 5.02 Å². The van der Waals surface area contributed by atoms with E-state index in [1.165, 1.54) is 12.8 Å². The minimum absolute atomic E-state index is 0.511. The van der Waals surface area contributed by atoms with Crippen molar-refractivity contribution in [3.63, 3.8) is 0 Å². The number of hydrogen-bond donors (Lipinski definition) is 1. The van der Waals surface area contributed by atoms with Crippen molar-refractivity contribution in [3.05, 3.63) is 17.3 Å². The van der Waals surface area contributed by atoms with Crippen molar-refractivity contribution < 1.29 is 0 Å². The first-order valence-corrected chi connectivity index (χ1v) is 7.08. The number of nitrogens with two attached hydrogens (primary N) is 1. The standard InChI is InChI=1S/C13H18ClN5/c1-2-18(10-3-4-10)5-6-19-12-11(17-13(19)15)7-9(14)8-16-12/h7-8,10H,2-6H2,1H3,(H2,15,17). The molecule has 2 aromatic rings. The molecule has 0 unspecified atom stereocenters. The highest BCUT2D eigenvalue weighted by Crippen LogP contribution is 2.26. The maximum absolute atomic E-state index is 5.97. The summed E-state index contributed by atoms with van der Waals surface area (Å²) < 4.78 is 1.97. The molecule has 0 radical (unpaired) electrons. The second-order valence-electron chi connectivity index (χ2n) is 4.98. The molecule has 0 atom stereocenters. The molecule has 5 nitrogen and oxygen atoms in total. The SMILES string of the molecule is CCN(CCn1c(N)nc2cc(Cl)cnc21)C1CC1. The van der Waals surface area contributed by atoms with Crippen molar-refractivity contribution in [1.82, 2.24) is 19.4 Å². The Balaban J connectivity index is 1.81. The van der Waals surface area contributed by atoms with Crippen LogP contribution in [0.25, 0.3) is 11.2 Å². The van der Waals surface area contributed by atoms with Gasteiger partial charge < -0.3 is 5.73 Å². The van der Waals surface area contributed by atoms with Crippen molar-refractivity contribution in [3.8, 4) is 0 Å². The lowest BCUT2D eigenvalue weighted by molar-refractivity contribution is 0.267. The number of anilines is 1. The van der Waals surface area contributed by atoms with Crippen LogP contribution in [-0.4, -0.2) is 38.6 Å². The third-order valence-corrected chi connectivity index (χ3v) is 3.87. The van der Waals surface area contributed by atoms with E-state index in [1.54, 1.807) is 12.3 Å². The van der Waals surface area contributed by atoms with E-state index in [-0.39, 0.29) is 0 Å². The van der Waals surface area contributed by atoms with E-state index < -0.39 is 0 Å². The lowest BCUT2D eigenvalue weighted by Crippen LogP contribution is -2.29. The number of imidazole rings is 1. The fourth-order valence-corrected chi connectivity index (χ4v) is 2.64. The fraction of sp³-hybridized carbons (Fsp3) is 0.538. The van der Waals surface area contributed by atoms with Crippen LogP contribution in [0.4, 0.5) is 5.95 Å². The second-order valence-corrected chi connectivity index (χ2v) is 5.41. The van der Waals surface area contributed by atoms with Gasteiger partial charge in [0.15, 0.2) is 5.65 Å². The fourth-order valence-electron chi connectivity index (χ4n) is 2.49. The number of hydrogen-bond acceptors (Lipinski definition) is 4. The third-order valence-electron chi connectivity index (χ3n) is 3.66. The molecule has 2 aromatic heterocycles. The molecule has 2 heterocycles. The third kappa shape index (κ3) is 2.53. The minimum Gasteiger partial charge on any atom is -0.369 e. The molecule has 1 aliphatic rings. The maximum Gasteiger partial charge on any atom is 0.202 e. The molecule has 0 bridgehead atoms. The van der Waals surface area contributed by atoms with Crippen LogP contribution in [0.3, 0.4) is 0 Å². The molecule has 102 valence electrons. The topological polar surface area (TPSA) is 60.0 Å². The molecule has 3 rings (SSSR count). The summed E-state index contributed by atoms with van der Waals surface area (Å²) in [5, 5.41) is 0.588. The molecule has 19 heavy (non-hydrogen) atoms. The molecule has 0 amide bonds. The van der Waals surface area contributed by atoms with Gasteiger partial charge in [-0.05, 0) is 25.5 Å². The van der Waals surface area contributed by atoms with Crippen molar-refractivity contribution in [2.45, 2.75) is 32.4 Å². The van der Waals surface area contributed by atoms with E-state index in [0.29, 0.717) is 11.0 Å². The van der Waals surface area contributed by atoms with E-state index in [2.05, 4.69) is 21.8 Å². The lowest BCUT2D eigenvalue weighted by Gasteiger charge is -2.20. The van der Waals surface area contributed by atoms with Gasteiger partial charge in [-0.2, -0.15) is 0 Å². The van der Waals surface area contributed by atoms with Gasteiger partial charge in [0.25, 0.3) is 0 Å². The molecule has 1 saturated carbocycles. The van der Waals surface area contributed by atoms with E-state index in [9.17, 15) is 0 Å². The van der Waals surface area contributed by atoms with Gasteiger partial charge in [0.05, 0.1) is 5.02 Å². The van der Waals surface area contributed by atoms with Gasteiger partial charge in [-0.3, -0.25) is 9.47 Å². The van der Waals surface area contributed by atoms with Crippen LogP contribution in [0.5, 0.6) is 0 Å². The Kier molecular flexibility index (Phi) is 3.33.